The Morgan fingerprint density at radius 2 is 2.12 bits per heavy atom. The Labute approximate surface area is 47.7 Å². The van der Waals surface area contributed by atoms with Gasteiger partial charge in [-0.05, 0) is 0 Å². The normalized spacial score (nSPS) is 17.0. The van der Waals surface area contributed by atoms with E-state index in [-0.39, 0.29) is 12.7 Å². The SMILES string of the molecule is N.O=C(O)CN1CC1. The van der Waals surface area contributed by atoms with Crippen LogP contribution in [-0.4, -0.2) is 35.6 Å². The Balaban J connectivity index is 0.000000490. The number of rotatable bonds is 2. The van der Waals surface area contributed by atoms with Gasteiger partial charge in [-0.15, -0.1) is 0 Å². The van der Waals surface area contributed by atoms with Crippen LogP contribution in [0.4, 0.5) is 0 Å². The third-order valence-electron chi connectivity index (χ3n) is 0.899. The van der Waals surface area contributed by atoms with Crippen molar-refractivity contribution in [1.82, 2.24) is 11.1 Å². The average molecular weight is 118 g/mol. The molecule has 48 valence electrons. The van der Waals surface area contributed by atoms with Crippen LogP contribution in [0.1, 0.15) is 0 Å². The van der Waals surface area contributed by atoms with Gasteiger partial charge in [0.2, 0.25) is 0 Å². The van der Waals surface area contributed by atoms with Crippen LogP contribution in [0.3, 0.4) is 0 Å². The number of carboxylic acids is 1. The van der Waals surface area contributed by atoms with E-state index in [1.807, 2.05) is 4.90 Å². The van der Waals surface area contributed by atoms with E-state index in [0.717, 1.165) is 13.1 Å². The molecule has 4 nitrogen and oxygen atoms in total. The number of hydrogen-bond acceptors (Lipinski definition) is 3. The van der Waals surface area contributed by atoms with Crippen LogP contribution in [0.2, 0.25) is 0 Å². The first kappa shape index (κ1) is 7.39. The molecule has 0 aromatic rings. The van der Waals surface area contributed by atoms with Crippen LogP contribution in [0.25, 0.3) is 0 Å². The van der Waals surface area contributed by atoms with Gasteiger partial charge >= 0.3 is 5.97 Å². The van der Waals surface area contributed by atoms with Gasteiger partial charge in [0.1, 0.15) is 0 Å². The molecule has 1 aliphatic rings. The Morgan fingerprint density at radius 3 is 2.25 bits per heavy atom. The maximum absolute atomic E-state index is 9.81. The lowest BCUT2D eigenvalue weighted by Gasteiger charge is -1.88. The lowest BCUT2D eigenvalue weighted by molar-refractivity contribution is -0.136. The van der Waals surface area contributed by atoms with E-state index in [2.05, 4.69) is 0 Å². The molecule has 1 heterocycles. The highest BCUT2D eigenvalue weighted by atomic mass is 16.4. The van der Waals surface area contributed by atoms with Crippen LogP contribution >= 0.6 is 0 Å². The van der Waals surface area contributed by atoms with Gasteiger partial charge in [0, 0.05) is 13.1 Å². The van der Waals surface area contributed by atoms with Crippen molar-refractivity contribution in [2.75, 3.05) is 19.6 Å². The van der Waals surface area contributed by atoms with Gasteiger partial charge in [0.05, 0.1) is 6.54 Å². The lowest BCUT2D eigenvalue weighted by Crippen LogP contribution is -2.10. The molecule has 0 unspecified atom stereocenters. The highest BCUT2D eigenvalue weighted by Gasteiger charge is 2.19. The fourth-order valence-electron chi connectivity index (χ4n) is 0.420. The van der Waals surface area contributed by atoms with Crippen molar-refractivity contribution < 1.29 is 9.90 Å². The molecule has 0 amide bonds. The number of carboxylic acid groups (broad SMARTS) is 1. The number of hydrogen-bond donors (Lipinski definition) is 2. The fraction of sp³-hybridized carbons (Fsp3) is 0.750. The van der Waals surface area contributed by atoms with Gasteiger partial charge in [-0.3, -0.25) is 9.69 Å². The van der Waals surface area contributed by atoms with Gasteiger partial charge in [-0.1, -0.05) is 0 Å². The van der Waals surface area contributed by atoms with Crippen molar-refractivity contribution in [1.29, 1.82) is 0 Å². The van der Waals surface area contributed by atoms with E-state index < -0.39 is 5.97 Å². The molecule has 0 aromatic heterocycles. The van der Waals surface area contributed by atoms with Crippen molar-refractivity contribution >= 4 is 5.97 Å². The highest BCUT2D eigenvalue weighted by molar-refractivity contribution is 5.69. The smallest absolute Gasteiger partial charge is 0.317 e. The monoisotopic (exact) mass is 118 g/mol. The first-order chi connectivity index (χ1) is 3.29. The molecule has 0 aromatic carbocycles. The molecular weight excluding hydrogens is 108 g/mol. The molecule has 1 rings (SSSR count). The van der Waals surface area contributed by atoms with E-state index >= 15 is 0 Å². The second-order valence-corrected chi connectivity index (χ2v) is 1.67. The zero-order valence-electron chi connectivity index (χ0n) is 4.63. The van der Waals surface area contributed by atoms with Gasteiger partial charge in [0.25, 0.3) is 0 Å². The largest absolute Gasteiger partial charge is 0.480 e. The molecule has 0 radical (unpaired) electrons. The summed E-state index contributed by atoms with van der Waals surface area (Å²) in [6.45, 7) is 2.15. The third-order valence-corrected chi connectivity index (χ3v) is 0.899. The van der Waals surface area contributed by atoms with Gasteiger partial charge in [0.15, 0.2) is 0 Å². The summed E-state index contributed by atoms with van der Waals surface area (Å²) in [5, 5.41) is 8.08. The Hall–Kier alpha value is -0.610. The number of aliphatic carboxylic acids is 1. The Kier molecular flexibility index (Phi) is 2.44. The molecule has 0 spiro atoms. The van der Waals surface area contributed by atoms with E-state index in [4.69, 9.17) is 5.11 Å². The average Bonchev–Trinajstić information content (AvgIpc) is 2.17. The summed E-state index contributed by atoms with van der Waals surface area (Å²) in [7, 11) is 0. The third kappa shape index (κ3) is 2.54. The van der Waals surface area contributed by atoms with Crippen molar-refractivity contribution in [3.05, 3.63) is 0 Å². The van der Waals surface area contributed by atoms with E-state index in [9.17, 15) is 4.79 Å². The van der Waals surface area contributed by atoms with Crippen molar-refractivity contribution in [2.24, 2.45) is 0 Å². The molecule has 0 saturated carbocycles. The molecule has 0 aliphatic carbocycles. The molecule has 1 aliphatic heterocycles. The second kappa shape index (κ2) is 2.64. The minimum Gasteiger partial charge on any atom is -0.480 e. The van der Waals surface area contributed by atoms with Crippen molar-refractivity contribution in [3.8, 4) is 0 Å². The standard InChI is InChI=1S/C4H7NO2.H3N/c6-4(7)3-5-1-2-5;/h1-3H2,(H,6,7);1H3. The predicted octanol–water partition coefficient (Wildman–Crippen LogP) is -0.451. The summed E-state index contributed by atoms with van der Waals surface area (Å²) in [6.07, 6.45) is 0. The maximum Gasteiger partial charge on any atom is 0.317 e. The fourth-order valence-corrected chi connectivity index (χ4v) is 0.420. The lowest BCUT2D eigenvalue weighted by atomic mass is 10.7. The van der Waals surface area contributed by atoms with Crippen LogP contribution in [-0.2, 0) is 4.79 Å². The zero-order chi connectivity index (χ0) is 5.28. The summed E-state index contributed by atoms with van der Waals surface area (Å²) in [4.78, 5) is 11.7. The summed E-state index contributed by atoms with van der Waals surface area (Å²) in [6, 6.07) is 0. The summed E-state index contributed by atoms with van der Waals surface area (Å²) < 4.78 is 0. The van der Waals surface area contributed by atoms with Crippen LogP contribution in [0, 0.1) is 0 Å². The van der Waals surface area contributed by atoms with Gasteiger partial charge in [-0.25, -0.2) is 0 Å². The molecule has 0 atom stereocenters. The maximum atomic E-state index is 9.81. The highest BCUT2D eigenvalue weighted by Crippen LogP contribution is 1.99. The summed E-state index contributed by atoms with van der Waals surface area (Å²) in [5.74, 6) is -0.725. The number of nitrogens with zero attached hydrogens (tertiary/aromatic N) is 1. The molecule has 4 N–H and O–H groups in total. The molecule has 0 bridgehead atoms. The number of carbonyl (C=O) groups is 1. The topological polar surface area (TPSA) is 75.3 Å². The van der Waals surface area contributed by atoms with Gasteiger partial charge < -0.3 is 11.3 Å². The minimum atomic E-state index is -0.725. The van der Waals surface area contributed by atoms with Gasteiger partial charge in [-0.2, -0.15) is 0 Å². The second-order valence-electron chi connectivity index (χ2n) is 1.67. The molecule has 1 fully saturated rings. The summed E-state index contributed by atoms with van der Waals surface area (Å²) in [5.41, 5.74) is 0. The van der Waals surface area contributed by atoms with E-state index in [0.29, 0.717) is 0 Å². The predicted molar refractivity (Wildman–Crippen MR) is 29.1 cm³/mol. The van der Waals surface area contributed by atoms with E-state index in [1.54, 1.807) is 0 Å². The molecule has 8 heavy (non-hydrogen) atoms. The van der Waals surface area contributed by atoms with Crippen LogP contribution < -0.4 is 6.15 Å². The minimum absolute atomic E-state index is 0. The Morgan fingerprint density at radius 1 is 1.62 bits per heavy atom. The zero-order valence-corrected chi connectivity index (χ0v) is 4.63. The summed E-state index contributed by atoms with van der Waals surface area (Å²) >= 11 is 0. The quantitative estimate of drug-likeness (QED) is 0.481. The molecular formula is C4H10N2O2. The Bertz CT molecular complexity index is 90.0. The van der Waals surface area contributed by atoms with E-state index in [1.165, 1.54) is 0 Å². The van der Waals surface area contributed by atoms with Crippen molar-refractivity contribution in [3.63, 3.8) is 0 Å². The first-order valence-corrected chi connectivity index (χ1v) is 2.23. The molecule has 1 saturated heterocycles. The van der Waals surface area contributed by atoms with Crippen molar-refractivity contribution in [2.45, 2.75) is 0 Å². The van der Waals surface area contributed by atoms with Crippen LogP contribution in [0.5, 0.6) is 0 Å². The molecule has 4 heteroatoms. The first-order valence-electron chi connectivity index (χ1n) is 2.23. The van der Waals surface area contributed by atoms with Crippen LogP contribution in [0.15, 0.2) is 0 Å².